The first-order valence-electron chi connectivity index (χ1n) is 7.79. The zero-order chi connectivity index (χ0) is 16.5. The second kappa shape index (κ2) is 5.98. The van der Waals surface area contributed by atoms with E-state index in [1.807, 2.05) is 30.3 Å². The summed E-state index contributed by atoms with van der Waals surface area (Å²) in [5.74, 6) is 0.369. The molecule has 1 aromatic carbocycles. The summed E-state index contributed by atoms with van der Waals surface area (Å²) in [6, 6.07) is 11.5. The maximum atomic E-state index is 12.8. The third kappa shape index (κ3) is 2.51. The summed E-state index contributed by atoms with van der Waals surface area (Å²) in [7, 11) is 1.70. The first-order chi connectivity index (χ1) is 11.7. The zero-order valence-corrected chi connectivity index (χ0v) is 13.3. The molecule has 0 spiro atoms. The molecule has 24 heavy (non-hydrogen) atoms. The predicted molar refractivity (Wildman–Crippen MR) is 89.9 cm³/mol. The van der Waals surface area contributed by atoms with E-state index in [1.54, 1.807) is 19.3 Å². The molecular weight excluding hydrogens is 304 g/mol. The zero-order valence-electron chi connectivity index (χ0n) is 13.3. The second-order valence-corrected chi connectivity index (χ2v) is 5.72. The topological polar surface area (TPSA) is 68.2 Å². The van der Waals surface area contributed by atoms with Crippen molar-refractivity contribution in [3.63, 3.8) is 0 Å². The van der Waals surface area contributed by atoms with Gasteiger partial charge >= 0.3 is 0 Å². The predicted octanol–water partition coefficient (Wildman–Crippen LogP) is 2.37. The van der Waals surface area contributed by atoms with E-state index in [9.17, 15) is 4.79 Å². The Morgan fingerprint density at radius 2 is 2.08 bits per heavy atom. The standard InChI is InChI=1S/C18H16N4O2/c1-22(17-14-5-3-2-4-12(14)6-8-19-17)18(23)16-10-13-11-24-9-7-15(13)20-21-16/h2-6,8,10H,7,9,11H2,1H3. The molecule has 6 nitrogen and oxygen atoms in total. The Morgan fingerprint density at radius 3 is 3.00 bits per heavy atom. The van der Waals surface area contributed by atoms with Gasteiger partial charge in [-0.2, -0.15) is 5.10 Å². The fraction of sp³-hybridized carbons (Fsp3) is 0.222. The van der Waals surface area contributed by atoms with Gasteiger partial charge in [0.25, 0.3) is 5.91 Å². The maximum absolute atomic E-state index is 12.8. The smallest absolute Gasteiger partial charge is 0.279 e. The third-order valence-corrected chi connectivity index (χ3v) is 4.19. The van der Waals surface area contributed by atoms with E-state index in [2.05, 4.69) is 15.2 Å². The fourth-order valence-electron chi connectivity index (χ4n) is 2.89. The molecule has 3 aromatic rings. The van der Waals surface area contributed by atoms with Crippen LogP contribution in [0.15, 0.2) is 42.6 Å². The normalized spacial score (nSPS) is 13.5. The van der Waals surface area contributed by atoms with Crippen molar-refractivity contribution in [2.24, 2.45) is 0 Å². The van der Waals surface area contributed by atoms with Crippen LogP contribution in [0.1, 0.15) is 21.7 Å². The average Bonchev–Trinajstić information content (AvgIpc) is 2.66. The monoisotopic (exact) mass is 320 g/mol. The average molecular weight is 320 g/mol. The van der Waals surface area contributed by atoms with E-state index >= 15 is 0 Å². The van der Waals surface area contributed by atoms with Gasteiger partial charge in [0.1, 0.15) is 5.82 Å². The van der Waals surface area contributed by atoms with Crippen molar-refractivity contribution in [3.8, 4) is 0 Å². The largest absolute Gasteiger partial charge is 0.376 e. The van der Waals surface area contributed by atoms with Crippen molar-refractivity contribution in [2.75, 3.05) is 18.6 Å². The number of nitrogens with zero attached hydrogens (tertiary/aromatic N) is 4. The van der Waals surface area contributed by atoms with E-state index in [-0.39, 0.29) is 5.91 Å². The number of hydrogen-bond acceptors (Lipinski definition) is 5. The molecule has 0 atom stereocenters. The number of anilines is 1. The highest BCUT2D eigenvalue weighted by Crippen LogP contribution is 2.24. The van der Waals surface area contributed by atoms with Crippen molar-refractivity contribution in [2.45, 2.75) is 13.0 Å². The van der Waals surface area contributed by atoms with Crippen molar-refractivity contribution < 1.29 is 9.53 Å². The maximum Gasteiger partial charge on any atom is 0.279 e. The summed E-state index contributed by atoms with van der Waals surface area (Å²) >= 11 is 0. The van der Waals surface area contributed by atoms with Crippen molar-refractivity contribution >= 4 is 22.5 Å². The van der Waals surface area contributed by atoms with Gasteiger partial charge in [-0.1, -0.05) is 24.3 Å². The molecule has 0 radical (unpaired) electrons. The summed E-state index contributed by atoms with van der Waals surface area (Å²) < 4.78 is 5.43. The van der Waals surface area contributed by atoms with Gasteiger partial charge in [-0.25, -0.2) is 4.98 Å². The minimum absolute atomic E-state index is 0.236. The fourth-order valence-corrected chi connectivity index (χ4v) is 2.89. The van der Waals surface area contributed by atoms with Crippen molar-refractivity contribution in [1.29, 1.82) is 0 Å². The summed E-state index contributed by atoms with van der Waals surface area (Å²) in [6.07, 6.45) is 2.44. The van der Waals surface area contributed by atoms with Crippen LogP contribution in [-0.4, -0.2) is 34.7 Å². The summed E-state index contributed by atoms with van der Waals surface area (Å²) in [6.45, 7) is 1.12. The van der Waals surface area contributed by atoms with Gasteiger partial charge < -0.3 is 4.74 Å². The Morgan fingerprint density at radius 1 is 1.21 bits per heavy atom. The lowest BCUT2D eigenvalue weighted by Crippen LogP contribution is -2.29. The molecule has 3 heterocycles. The van der Waals surface area contributed by atoms with Gasteiger partial charge in [-0.3, -0.25) is 9.69 Å². The van der Waals surface area contributed by atoms with Gasteiger partial charge in [0.05, 0.1) is 18.9 Å². The minimum Gasteiger partial charge on any atom is -0.376 e. The van der Waals surface area contributed by atoms with Gasteiger partial charge in [0.2, 0.25) is 0 Å². The van der Waals surface area contributed by atoms with Crippen molar-refractivity contribution in [3.05, 3.63) is 59.5 Å². The number of hydrogen-bond donors (Lipinski definition) is 0. The summed E-state index contributed by atoms with van der Waals surface area (Å²) in [5.41, 5.74) is 2.14. The number of carbonyl (C=O) groups is 1. The van der Waals surface area contributed by atoms with Crippen LogP contribution in [0.5, 0.6) is 0 Å². The molecule has 1 amide bonds. The first kappa shape index (κ1) is 14.7. The Labute approximate surface area is 139 Å². The van der Waals surface area contributed by atoms with E-state index < -0.39 is 0 Å². The number of amides is 1. The van der Waals surface area contributed by atoms with Crippen LogP contribution in [0.3, 0.4) is 0 Å². The molecule has 6 heteroatoms. The van der Waals surface area contributed by atoms with Crippen LogP contribution in [0, 0.1) is 0 Å². The number of ether oxygens (including phenoxy) is 1. The lowest BCUT2D eigenvalue weighted by atomic mass is 10.1. The summed E-state index contributed by atoms with van der Waals surface area (Å²) in [4.78, 5) is 18.7. The SMILES string of the molecule is CN(C(=O)c1cc2c(nn1)CCOC2)c1nccc2ccccc12. The molecule has 2 aromatic heterocycles. The van der Waals surface area contributed by atoms with Crippen molar-refractivity contribution in [1.82, 2.24) is 15.2 Å². The van der Waals surface area contributed by atoms with Gasteiger partial charge in [-0.15, -0.1) is 5.10 Å². The van der Waals surface area contributed by atoms with E-state index in [1.165, 1.54) is 4.90 Å². The van der Waals surface area contributed by atoms with Gasteiger partial charge in [0.15, 0.2) is 5.69 Å². The number of fused-ring (bicyclic) bond motifs is 2. The number of rotatable bonds is 2. The molecule has 0 N–H and O–H groups in total. The molecule has 0 unspecified atom stereocenters. The number of pyridine rings is 1. The summed E-state index contributed by atoms with van der Waals surface area (Å²) in [5, 5.41) is 10.2. The lowest BCUT2D eigenvalue weighted by Gasteiger charge is -2.19. The Hall–Kier alpha value is -2.86. The molecule has 0 aliphatic carbocycles. The highest BCUT2D eigenvalue weighted by Gasteiger charge is 2.21. The van der Waals surface area contributed by atoms with E-state index in [0.717, 1.165) is 28.5 Å². The Bertz CT molecular complexity index is 921. The molecule has 0 saturated carbocycles. The first-order valence-corrected chi connectivity index (χ1v) is 7.79. The molecule has 4 rings (SSSR count). The highest BCUT2D eigenvalue weighted by molar-refractivity contribution is 6.08. The van der Waals surface area contributed by atoms with Crippen LogP contribution in [-0.2, 0) is 17.8 Å². The molecule has 0 saturated heterocycles. The molecule has 120 valence electrons. The highest BCUT2D eigenvalue weighted by atomic mass is 16.5. The van der Waals surface area contributed by atoms with Crippen LogP contribution in [0.2, 0.25) is 0 Å². The molecule has 1 aliphatic heterocycles. The lowest BCUT2D eigenvalue weighted by molar-refractivity contribution is 0.0980. The van der Waals surface area contributed by atoms with Crippen LogP contribution >= 0.6 is 0 Å². The van der Waals surface area contributed by atoms with E-state index in [0.29, 0.717) is 24.7 Å². The quantitative estimate of drug-likeness (QED) is 0.725. The molecule has 1 aliphatic rings. The Kier molecular flexibility index (Phi) is 3.66. The van der Waals surface area contributed by atoms with Crippen LogP contribution in [0.4, 0.5) is 5.82 Å². The number of benzene rings is 1. The number of carbonyl (C=O) groups excluding carboxylic acids is 1. The molecular formula is C18H16N4O2. The van der Waals surface area contributed by atoms with E-state index in [4.69, 9.17) is 4.74 Å². The van der Waals surface area contributed by atoms with Gasteiger partial charge in [0, 0.05) is 30.6 Å². The van der Waals surface area contributed by atoms with Crippen LogP contribution in [0.25, 0.3) is 10.8 Å². The number of aromatic nitrogens is 3. The van der Waals surface area contributed by atoms with Crippen LogP contribution < -0.4 is 4.90 Å². The minimum atomic E-state index is -0.236. The second-order valence-electron chi connectivity index (χ2n) is 5.72. The molecule has 0 bridgehead atoms. The van der Waals surface area contributed by atoms with Gasteiger partial charge in [-0.05, 0) is 17.5 Å². The Balaban J connectivity index is 1.71. The third-order valence-electron chi connectivity index (χ3n) is 4.19. The molecule has 0 fully saturated rings.